The number of aromatic nitrogens is 3. The monoisotopic (exact) mass is 368 g/mol. The number of nitrogens with zero attached hydrogens (tertiary/aromatic N) is 5. The van der Waals surface area contributed by atoms with Crippen LogP contribution in [0.2, 0.25) is 0 Å². The van der Waals surface area contributed by atoms with Crippen LogP contribution in [0.4, 0.5) is 0 Å². The molecule has 0 aliphatic carbocycles. The second-order valence-corrected chi connectivity index (χ2v) is 7.61. The molecule has 25 heavy (non-hydrogen) atoms. The lowest BCUT2D eigenvalue weighted by Gasteiger charge is -2.20. The highest BCUT2D eigenvalue weighted by Gasteiger charge is 2.22. The first-order valence-corrected chi connectivity index (χ1v) is 10.4. The Hall–Kier alpha value is -1.28. The molecule has 1 aliphatic rings. The molecule has 0 radical (unpaired) electrons. The second kappa shape index (κ2) is 10.0. The molecule has 0 aromatic carbocycles. The van der Waals surface area contributed by atoms with Gasteiger partial charge in [0, 0.05) is 39.1 Å². The van der Waals surface area contributed by atoms with E-state index in [1.165, 1.54) is 0 Å². The van der Waals surface area contributed by atoms with Crippen molar-refractivity contribution >= 4 is 17.7 Å². The van der Waals surface area contributed by atoms with Crippen molar-refractivity contribution in [3.63, 3.8) is 0 Å². The normalized spacial score (nSPS) is 18.4. The third kappa shape index (κ3) is 5.88. The summed E-state index contributed by atoms with van der Waals surface area (Å²) >= 11 is 1.65. The van der Waals surface area contributed by atoms with Crippen molar-refractivity contribution in [1.29, 1.82) is 0 Å². The Morgan fingerprint density at radius 3 is 2.84 bits per heavy atom. The van der Waals surface area contributed by atoms with Crippen LogP contribution in [0.15, 0.2) is 10.1 Å². The standard InChI is InChI=1S/C17H32N6OS/c1-5-18-16(22-10-8-14(24)12-22)19-9-6-7-15-20-21-17(25-4)23(15)11-13(2)3/h13-14,24H,5-12H2,1-4H3,(H,18,19)/t14-/m1/s1. The number of β-amino-alcohol motifs (C(OH)–C–C–N with tert-alkyl or cyclic N) is 1. The van der Waals surface area contributed by atoms with Crippen LogP contribution in [-0.4, -0.2) is 69.3 Å². The number of likely N-dealkylation sites (tertiary alicyclic amines) is 1. The predicted molar refractivity (Wildman–Crippen MR) is 103 cm³/mol. The van der Waals surface area contributed by atoms with Gasteiger partial charge in [-0.1, -0.05) is 25.6 Å². The van der Waals surface area contributed by atoms with Crippen LogP contribution >= 0.6 is 11.8 Å². The number of aryl methyl sites for hydroxylation is 1. The highest BCUT2D eigenvalue weighted by molar-refractivity contribution is 7.98. The Labute approximate surface area is 155 Å². The van der Waals surface area contributed by atoms with Crippen molar-refractivity contribution in [3.8, 4) is 0 Å². The summed E-state index contributed by atoms with van der Waals surface area (Å²) < 4.78 is 2.24. The van der Waals surface area contributed by atoms with Gasteiger partial charge in [-0.15, -0.1) is 10.2 Å². The third-order valence-electron chi connectivity index (χ3n) is 4.14. The van der Waals surface area contributed by atoms with E-state index in [2.05, 4.69) is 45.8 Å². The van der Waals surface area contributed by atoms with Crippen LogP contribution in [0.3, 0.4) is 0 Å². The van der Waals surface area contributed by atoms with Crippen molar-refractivity contribution in [2.45, 2.75) is 57.8 Å². The van der Waals surface area contributed by atoms with E-state index in [1.807, 2.05) is 6.26 Å². The highest BCUT2D eigenvalue weighted by atomic mass is 32.2. The van der Waals surface area contributed by atoms with E-state index >= 15 is 0 Å². The van der Waals surface area contributed by atoms with Crippen LogP contribution in [0.25, 0.3) is 0 Å². The predicted octanol–water partition coefficient (Wildman–Crippen LogP) is 1.62. The fourth-order valence-corrected chi connectivity index (χ4v) is 3.51. The Bertz CT molecular complexity index is 559. The highest BCUT2D eigenvalue weighted by Crippen LogP contribution is 2.17. The van der Waals surface area contributed by atoms with E-state index in [-0.39, 0.29) is 6.10 Å². The zero-order valence-electron chi connectivity index (χ0n) is 15.9. The van der Waals surface area contributed by atoms with Crippen molar-refractivity contribution in [2.24, 2.45) is 10.9 Å². The Morgan fingerprint density at radius 1 is 1.44 bits per heavy atom. The topological polar surface area (TPSA) is 78.6 Å². The lowest BCUT2D eigenvalue weighted by Crippen LogP contribution is -2.40. The Kier molecular flexibility index (Phi) is 8.02. The molecule has 0 unspecified atom stereocenters. The minimum atomic E-state index is -0.233. The quantitative estimate of drug-likeness (QED) is 0.314. The van der Waals surface area contributed by atoms with Crippen LogP contribution in [-0.2, 0) is 13.0 Å². The maximum atomic E-state index is 9.72. The lowest BCUT2D eigenvalue weighted by atomic mass is 10.2. The molecule has 1 aliphatic heterocycles. The number of aliphatic imine (C=N–C) groups is 1. The fraction of sp³-hybridized carbons (Fsp3) is 0.824. The molecule has 0 bridgehead atoms. The lowest BCUT2D eigenvalue weighted by molar-refractivity contribution is 0.188. The van der Waals surface area contributed by atoms with Crippen LogP contribution in [0.5, 0.6) is 0 Å². The zero-order valence-corrected chi connectivity index (χ0v) is 16.7. The second-order valence-electron chi connectivity index (χ2n) is 6.84. The number of hydrogen-bond donors (Lipinski definition) is 2. The van der Waals surface area contributed by atoms with E-state index < -0.39 is 0 Å². The molecule has 0 spiro atoms. The van der Waals surface area contributed by atoms with Crippen molar-refractivity contribution in [3.05, 3.63) is 5.82 Å². The van der Waals surface area contributed by atoms with Crippen molar-refractivity contribution in [1.82, 2.24) is 25.0 Å². The van der Waals surface area contributed by atoms with Crippen molar-refractivity contribution < 1.29 is 5.11 Å². The average molecular weight is 369 g/mol. The molecule has 1 aromatic heterocycles. The van der Waals surface area contributed by atoms with Crippen molar-refractivity contribution in [2.75, 3.05) is 32.4 Å². The number of aliphatic hydroxyl groups excluding tert-OH is 1. The van der Waals surface area contributed by atoms with Gasteiger partial charge in [0.05, 0.1) is 6.10 Å². The maximum absolute atomic E-state index is 9.72. The van der Waals surface area contributed by atoms with Gasteiger partial charge in [0.1, 0.15) is 5.82 Å². The first-order chi connectivity index (χ1) is 12.0. The summed E-state index contributed by atoms with van der Waals surface area (Å²) in [6.45, 7) is 10.6. The number of rotatable bonds is 8. The third-order valence-corrected chi connectivity index (χ3v) is 4.81. The molecule has 0 saturated carbocycles. The fourth-order valence-electron chi connectivity index (χ4n) is 2.99. The molecule has 0 amide bonds. The Balaban J connectivity index is 1.91. The molecular formula is C17H32N6OS. The molecule has 1 saturated heterocycles. The summed E-state index contributed by atoms with van der Waals surface area (Å²) in [5, 5.41) is 22.7. The Morgan fingerprint density at radius 2 is 2.24 bits per heavy atom. The molecule has 7 nitrogen and oxygen atoms in total. The number of thioether (sulfide) groups is 1. The van der Waals surface area contributed by atoms with Gasteiger partial charge in [0.15, 0.2) is 11.1 Å². The van der Waals surface area contributed by atoms with Gasteiger partial charge in [0.2, 0.25) is 0 Å². The van der Waals surface area contributed by atoms with Crippen LogP contribution < -0.4 is 5.32 Å². The molecule has 1 fully saturated rings. The molecule has 2 heterocycles. The summed E-state index contributed by atoms with van der Waals surface area (Å²) in [5.74, 6) is 2.53. The summed E-state index contributed by atoms with van der Waals surface area (Å²) in [5.41, 5.74) is 0. The molecule has 142 valence electrons. The van der Waals surface area contributed by atoms with Gasteiger partial charge in [-0.3, -0.25) is 4.99 Å². The average Bonchev–Trinajstić information content (AvgIpc) is 3.16. The molecule has 8 heteroatoms. The number of nitrogens with one attached hydrogen (secondary N) is 1. The van der Waals surface area contributed by atoms with Gasteiger partial charge in [0.25, 0.3) is 0 Å². The van der Waals surface area contributed by atoms with E-state index in [0.717, 1.165) is 62.4 Å². The summed E-state index contributed by atoms with van der Waals surface area (Å²) in [4.78, 5) is 6.86. The largest absolute Gasteiger partial charge is 0.391 e. The number of aliphatic hydroxyl groups is 1. The van der Waals surface area contributed by atoms with Crippen LogP contribution in [0.1, 0.15) is 39.4 Å². The van der Waals surface area contributed by atoms with Gasteiger partial charge in [-0.2, -0.15) is 0 Å². The number of guanidine groups is 1. The molecule has 2 rings (SSSR count). The van der Waals surface area contributed by atoms with Gasteiger partial charge < -0.3 is 19.9 Å². The SMILES string of the molecule is CCNC(=NCCCc1nnc(SC)n1CC(C)C)N1CC[C@@H](O)C1. The van der Waals surface area contributed by atoms with E-state index in [1.54, 1.807) is 11.8 Å². The summed E-state index contributed by atoms with van der Waals surface area (Å²) in [6, 6.07) is 0. The van der Waals surface area contributed by atoms with Gasteiger partial charge in [-0.25, -0.2) is 0 Å². The van der Waals surface area contributed by atoms with Gasteiger partial charge >= 0.3 is 0 Å². The smallest absolute Gasteiger partial charge is 0.194 e. The minimum absolute atomic E-state index is 0.233. The van der Waals surface area contributed by atoms with Crippen LogP contribution in [0, 0.1) is 5.92 Å². The molecular weight excluding hydrogens is 336 g/mol. The number of hydrogen-bond acceptors (Lipinski definition) is 5. The molecule has 1 aromatic rings. The van der Waals surface area contributed by atoms with E-state index in [4.69, 9.17) is 4.99 Å². The molecule has 1 atom stereocenters. The molecule has 2 N–H and O–H groups in total. The first kappa shape index (κ1) is 20.0. The van der Waals surface area contributed by atoms with E-state index in [0.29, 0.717) is 12.5 Å². The minimum Gasteiger partial charge on any atom is -0.391 e. The van der Waals surface area contributed by atoms with E-state index in [9.17, 15) is 5.11 Å². The van der Waals surface area contributed by atoms with Gasteiger partial charge in [-0.05, 0) is 31.9 Å². The summed E-state index contributed by atoms with van der Waals surface area (Å²) in [7, 11) is 0. The zero-order chi connectivity index (χ0) is 18.2. The summed E-state index contributed by atoms with van der Waals surface area (Å²) in [6.07, 6.45) is 4.45. The first-order valence-electron chi connectivity index (χ1n) is 9.22. The maximum Gasteiger partial charge on any atom is 0.194 e.